The van der Waals surface area contributed by atoms with Gasteiger partial charge in [-0.3, -0.25) is 0 Å². The van der Waals surface area contributed by atoms with Crippen molar-refractivity contribution in [3.05, 3.63) is 52.6 Å². The quantitative estimate of drug-likeness (QED) is 0.523. The number of carbonyl (C=O) groups excluding carboxylic acids is 1. The van der Waals surface area contributed by atoms with E-state index in [1.165, 1.54) is 16.7 Å². The zero-order chi connectivity index (χ0) is 20.8. The molecule has 0 spiro atoms. The van der Waals surface area contributed by atoms with Crippen LogP contribution < -0.4 is 4.74 Å². The number of nitrogens with zero attached hydrogens (tertiary/aromatic N) is 1. The highest BCUT2D eigenvalue weighted by Crippen LogP contribution is 2.40. The summed E-state index contributed by atoms with van der Waals surface area (Å²) in [4.78, 5) is 14.4. The Morgan fingerprint density at radius 1 is 1.04 bits per heavy atom. The van der Waals surface area contributed by atoms with E-state index in [1.807, 2.05) is 20.8 Å². The fraction of sp³-hybridized carbons (Fsp3) is 0.480. The van der Waals surface area contributed by atoms with Crippen LogP contribution in [-0.2, 0) is 6.42 Å². The molecule has 0 radical (unpaired) electrons. The summed E-state index contributed by atoms with van der Waals surface area (Å²) in [6.45, 7) is 16.0. The van der Waals surface area contributed by atoms with E-state index >= 15 is 0 Å². The summed E-state index contributed by atoms with van der Waals surface area (Å²) in [5.41, 5.74) is 6.96. The summed E-state index contributed by atoms with van der Waals surface area (Å²) >= 11 is 0. The second-order valence-corrected chi connectivity index (χ2v) is 7.75. The molecule has 1 amide bonds. The molecule has 28 heavy (non-hydrogen) atoms. The first-order valence-electron chi connectivity index (χ1n) is 10.5. The summed E-state index contributed by atoms with van der Waals surface area (Å²) in [5, 5.41) is 0. The number of ether oxygens (including phenoxy) is 1. The molecule has 0 aromatic heterocycles. The Labute approximate surface area is 170 Å². The van der Waals surface area contributed by atoms with Gasteiger partial charge in [-0.05, 0) is 67.9 Å². The van der Waals surface area contributed by atoms with E-state index in [0.29, 0.717) is 24.8 Å². The van der Waals surface area contributed by atoms with Crippen LogP contribution in [0.25, 0.3) is 11.1 Å². The van der Waals surface area contributed by atoms with Crippen LogP contribution in [0.3, 0.4) is 0 Å². The van der Waals surface area contributed by atoms with Crippen LogP contribution in [-0.4, -0.2) is 24.1 Å². The lowest BCUT2D eigenvalue weighted by atomic mass is 9.88. The van der Waals surface area contributed by atoms with E-state index in [1.54, 1.807) is 4.90 Å². The second kappa shape index (κ2) is 9.77. The normalized spacial score (nSPS) is 11.0. The largest absolute Gasteiger partial charge is 0.415 e. The van der Waals surface area contributed by atoms with Gasteiger partial charge in [0.1, 0.15) is 5.75 Å². The third-order valence-corrected chi connectivity index (χ3v) is 5.38. The molecule has 0 bridgehead atoms. The maximum atomic E-state index is 12.7. The number of hydrogen-bond acceptors (Lipinski definition) is 2. The van der Waals surface area contributed by atoms with Gasteiger partial charge in [0, 0.05) is 18.7 Å². The molecule has 0 N–H and O–H groups in total. The van der Waals surface area contributed by atoms with Crippen LogP contribution in [0.5, 0.6) is 5.75 Å². The maximum absolute atomic E-state index is 12.7. The fourth-order valence-corrected chi connectivity index (χ4v) is 3.76. The van der Waals surface area contributed by atoms with Crippen LogP contribution >= 0.6 is 0 Å². The minimum absolute atomic E-state index is 0.284. The van der Waals surface area contributed by atoms with Crippen molar-refractivity contribution in [1.82, 2.24) is 4.90 Å². The first-order valence-corrected chi connectivity index (χ1v) is 10.5. The first-order chi connectivity index (χ1) is 13.3. The van der Waals surface area contributed by atoms with Crippen molar-refractivity contribution < 1.29 is 9.53 Å². The van der Waals surface area contributed by atoms with Gasteiger partial charge in [-0.2, -0.15) is 0 Å². The van der Waals surface area contributed by atoms with Gasteiger partial charge in [0.25, 0.3) is 0 Å². The smallest absolute Gasteiger partial charge is 0.409 e. The van der Waals surface area contributed by atoms with Gasteiger partial charge < -0.3 is 9.64 Å². The average molecular weight is 382 g/mol. The Bertz CT molecular complexity index is 802. The van der Waals surface area contributed by atoms with E-state index in [4.69, 9.17) is 4.74 Å². The molecule has 2 rings (SSSR count). The summed E-state index contributed by atoms with van der Waals surface area (Å²) < 4.78 is 5.95. The van der Waals surface area contributed by atoms with Gasteiger partial charge in [0.2, 0.25) is 0 Å². The van der Waals surface area contributed by atoms with Crippen LogP contribution in [0.4, 0.5) is 4.79 Å². The molecule has 0 aliphatic carbocycles. The standard InChI is InChI=1S/C25H35NO2/c1-8-11-20-12-14-21(15-13-20)23-19(7)22(17(4)5)16-18(6)24(23)28-25(27)26(9-2)10-3/h12-17H,8-11H2,1-7H3. The molecule has 0 heterocycles. The number of amides is 1. The zero-order valence-corrected chi connectivity index (χ0v) is 18.6. The molecule has 3 heteroatoms. The number of rotatable bonds is 7. The molecule has 0 atom stereocenters. The van der Waals surface area contributed by atoms with Gasteiger partial charge in [0.15, 0.2) is 0 Å². The predicted octanol–water partition coefficient (Wildman–Crippen LogP) is 6.89. The molecule has 0 aliphatic rings. The van der Waals surface area contributed by atoms with Crippen molar-refractivity contribution in [3.63, 3.8) is 0 Å². The Balaban J connectivity index is 2.60. The third kappa shape index (κ3) is 4.76. The molecule has 0 saturated carbocycles. The van der Waals surface area contributed by atoms with Gasteiger partial charge in [-0.25, -0.2) is 4.79 Å². The molecule has 2 aromatic rings. The molecule has 0 fully saturated rings. The van der Waals surface area contributed by atoms with Gasteiger partial charge >= 0.3 is 6.09 Å². The molecular formula is C25H35NO2. The number of benzene rings is 2. The zero-order valence-electron chi connectivity index (χ0n) is 18.6. The third-order valence-electron chi connectivity index (χ3n) is 5.38. The first kappa shape index (κ1) is 22.0. The van der Waals surface area contributed by atoms with Gasteiger partial charge in [-0.15, -0.1) is 0 Å². The van der Waals surface area contributed by atoms with E-state index in [9.17, 15) is 4.79 Å². The van der Waals surface area contributed by atoms with E-state index in [0.717, 1.165) is 29.5 Å². The Kier molecular flexibility index (Phi) is 7.68. The van der Waals surface area contributed by atoms with E-state index in [2.05, 4.69) is 58.0 Å². The lowest BCUT2D eigenvalue weighted by Crippen LogP contribution is -2.33. The fourth-order valence-electron chi connectivity index (χ4n) is 3.76. The van der Waals surface area contributed by atoms with E-state index < -0.39 is 0 Å². The highest BCUT2D eigenvalue weighted by molar-refractivity contribution is 5.81. The highest BCUT2D eigenvalue weighted by atomic mass is 16.6. The summed E-state index contributed by atoms with van der Waals surface area (Å²) in [6, 6.07) is 10.9. The highest BCUT2D eigenvalue weighted by Gasteiger charge is 2.22. The molecule has 0 saturated heterocycles. The Morgan fingerprint density at radius 3 is 2.14 bits per heavy atom. The van der Waals surface area contributed by atoms with Crippen molar-refractivity contribution in [2.75, 3.05) is 13.1 Å². The Hall–Kier alpha value is -2.29. The van der Waals surface area contributed by atoms with Crippen LogP contribution in [0.15, 0.2) is 30.3 Å². The summed E-state index contributed by atoms with van der Waals surface area (Å²) in [5.74, 6) is 1.09. The molecular weight excluding hydrogens is 346 g/mol. The minimum Gasteiger partial charge on any atom is -0.409 e. The number of hydrogen-bond donors (Lipinski definition) is 0. The average Bonchev–Trinajstić information content (AvgIpc) is 2.66. The van der Waals surface area contributed by atoms with Gasteiger partial charge in [-0.1, -0.05) is 57.5 Å². The van der Waals surface area contributed by atoms with E-state index in [-0.39, 0.29) is 6.09 Å². The summed E-state index contributed by atoms with van der Waals surface area (Å²) in [7, 11) is 0. The van der Waals surface area contributed by atoms with Crippen LogP contribution in [0, 0.1) is 13.8 Å². The van der Waals surface area contributed by atoms with Crippen molar-refractivity contribution in [2.24, 2.45) is 0 Å². The molecule has 2 aromatic carbocycles. The molecule has 0 unspecified atom stereocenters. The lowest BCUT2D eigenvalue weighted by molar-refractivity contribution is 0.157. The second-order valence-electron chi connectivity index (χ2n) is 7.75. The van der Waals surface area contributed by atoms with Crippen molar-refractivity contribution in [2.45, 2.75) is 67.2 Å². The maximum Gasteiger partial charge on any atom is 0.415 e. The summed E-state index contributed by atoms with van der Waals surface area (Å²) in [6.07, 6.45) is 1.93. The van der Waals surface area contributed by atoms with Crippen molar-refractivity contribution >= 4 is 6.09 Å². The lowest BCUT2D eigenvalue weighted by Gasteiger charge is -2.24. The number of carbonyl (C=O) groups is 1. The van der Waals surface area contributed by atoms with Crippen LogP contribution in [0.2, 0.25) is 0 Å². The Morgan fingerprint density at radius 2 is 1.64 bits per heavy atom. The SMILES string of the molecule is CCCc1ccc(-c2c(C)c(C(C)C)cc(C)c2OC(=O)N(CC)CC)cc1. The van der Waals surface area contributed by atoms with Crippen LogP contribution in [0.1, 0.15) is 69.2 Å². The monoisotopic (exact) mass is 381 g/mol. The van der Waals surface area contributed by atoms with Crippen molar-refractivity contribution in [3.8, 4) is 16.9 Å². The molecule has 3 nitrogen and oxygen atoms in total. The number of aryl methyl sites for hydroxylation is 2. The van der Waals surface area contributed by atoms with Gasteiger partial charge in [0.05, 0.1) is 0 Å². The predicted molar refractivity (Wildman–Crippen MR) is 118 cm³/mol. The minimum atomic E-state index is -0.284. The topological polar surface area (TPSA) is 29.5 Å². The molecule has 0 aliphatic heterocycles. The molecule has 152 valence electrons. The van der Waals surface area contributed by atoms with Crippen molar-refractivity contribution in [1.29, 1.82) is 0 Å².